The lowest BCUT2D eigenvalue weighted by Crippen LogP contribution is -2.50. The second-order valence-corrected chi connectivity index (χ2v) is 8.75. The number of piperidine rings is 1. The molecule has 7 heteroatoms. The van der Waals surface area contributed by atoms with Gasteiger partial charge >= 0.3 is 0 Å². The van der Waals surface area contributed by atoms with Gasteiger partial charge in [0, 0.05) is 58.4 Å². The molecule has 2 aliphatic rings. The molecule has 166 valence electrons. The minimum absolute atomic E-state index is 0.0216. The van der Waals surface area contributed by atoms with Crippen LogP contribution in [0.15, 0.2) is 24.3 Å². The van der Waals surface area contributed by atoms with E-state index in [1.165, 1.54) is 0 Å². The molecular weight excluding hydrogens is 382 g/mol. The van der Waals surface area contributed by atoms with Crippen LogP contribution in [0.3, 0.4) is 0 Å². The molecule has 0 saturated carbocycles. The Morgan fingerprint density at radius 3 is 2.67 bits per heavy atom. The summed E-state index contributed by atoms with van der Waals surface area (Å²) in [5, 5.41) is 14.2. The van der Waals surface area contributed by atoms with Crippen molar-refractivity contribution in [1.82, 2.24) is 15.1 Å². The topological polar surface area (TPSA) is 82.1 Å². The van der Waals surface area contributed by atoms with Crippen LogP contribution < -0.4 is 5.32 Å². The van der Waals surface area contributed by atoms with E-state index < -0.39 is 5.60 Å². The Hall–Kier alpha value is -1.96. The molecule has 3 rings (SSSR count). The Bertz CT molecular complexity index is 733. The molecule has 7 nitrogen and oxygen atoms in total. The first kappa shape index (κ1) is 22.7. The maximum atomic E-state index is 13.0. The van der Waals surface area contributed by atoms with Crippen LogP contribution in [0.4, 0.5) is 0 Å². The number of carbonyl (C=O) groups excluding carboxylic acids is 2. The normalized spacial score (nSPS) is 23.8. The third-order valence-electron chi connectivity index (χ3n) is 6.20. The fraction of sp³-hybridized carbons (Fsp3) is 0.652. The molecule has 0 spiro atoms. The van der Waals surface area contributed by atoms with E-state index in [2.05, 4.69) is 10.2 Å². The molecule has 1 unspecified atom stereocenters. The number of ether oxygens (including phenoxy) is 1. The van der Waals surface area contributed by atoms with Crippen LogP contribution in [0.1, 0.15) is 54.9 Å². The zero-order valence-corrected chi connectivity index (χ0v) is 18.2. The van der Waals surface area contributed by atoms with Gasteiger partial charge in [-0.15, -0.1) is 0 Å². The molecule has 2 heterocycles. The largest absolute Gasteiger partial charge is 0.388 e. The van der Waals surface area contributed by atoms with Gasteiger partial charge in [-0.2, -0.15) is 0 Å². The van der Waals surface area contributed by atoms with Gasteiger partial charge < -0.3 is 25.0 Å². The number of hydrogen-bond acceptors (Lipinski definition) is 5. The van der Waals surface area contributed by atoms with Crippen LogP contribution in [0.5, 0.6) is 0 Å². The van der Waals surface area contributed by atoms with Gasteiger partial charge in [-0.1, -0.05) is 12.1 Å². The average molecular weight is 418 g/mol. The molecular formula is C23H35N3O4. The van der Waals surface area contributed by atoms with E-state index in [1.807, 2.05) is 29.2 Å². The lowest BCUT2D eigenvalue weighted by molar-refractivity contribution is -0.120. The minimum atomic E-state index is -0.770. The van der Waals surface area contributed by atoms with Crippen molar-refractivity contribution in [1.29, 1.82) is 0 Å². The Morgan fingerprint density at radius 2 is 1.97 bits per heavy atom. The van der Waals surface area contributed by atoms with E-state index in [9.17, 15) is 14.7 Å². The highest BCUT2D eigenvalue weighted by Crippen LogP contribution is 2.26. The van der Waals surface area contributed by atoms with Crippen molar-refractivity contribution < 1.29 is 19.4 Å². The van der Waals surface area contributed by atoms with Crippen LogP contribution in [-0.2, 0) is 16.1 Å². The maximum absolute atomic E-state index is 13.0. The number of rotatable bonds is 6. The maximum Gasteiger partial charge on any atom is 0.253 e. The van der Waals surface area contributed by atoms with E-state index >= 15 is 0 Å². The highest BCUT2D eigenvalue weighted by atomic mass is 16.5. The number of nitrogens with one attached hydrogen (secondary N) is 1. The molecule has 30 heavy (non-hydrogen) atoms. The van der Waals surface area contributed by atoms with E-state index in [-0.39, 0.29) is 17.9 Å². The number of nitrogens with zero attached hydrogens (tertiary/aromatic N) is 2. The van der Waals surface area contributed by atoms with Gasteiger partial charge in [0.1, 0.15) is 0 Å². The van der Waals surface area contributed by atoms with Crippen LogP contribution >= 0.6 is 0 Å². The summed E-state index contributed by atoms with van der Waals surface area (Å²) in [5.41, 5.74) is 0.890. The molecule has 0 radical (unpaired) electrons. The van der Waals surface area contributed by atoms with Gasteiger partial charge in [0.2, 0.25) is 5.91 Å². The van der Waals surface area contributed by atoms with E-state index in [0.29, 0.717) is 44.6 Å². The summed E-state index contributed by atoms with van der Waals surface area (Å²) in [6.07, 6.45) is 3.91. The highest BCUT2D eigenvalue weighted by Gasteiger charge is 2.34. The summed E-state index contributed by atoms with van der Waals surface area (Å²) in [4.78, 5) is 28.4. The third kappa shape index (κ3) is 6.27. The van der Waals surface area contributed by atoms with Crippen molar-refractivity contribution in [2.24, 2.45) is 0 Å². The van der Waals surface area contributed by atoms with Crippen molar-refractivity contribution in [3.8, 4) is 0 Å². The smallest absolute Gasteiger partial charge is 0.253 e. The summed E-state index contributed by atoms with van der Waals surface area (Å²) >= 11 is 0. The summed E-state index contributed by atoms with van der Waals surface area (Å²) < 4.78 is 5.17. The SMILES string of the molecule is COCc1cccc(C(=O)N2CCCC(O)(CN3CCC(NC(C)=O)CC3)CC2)c1. The molecule has 2 saturated heterocycles. The average Bonchev–Trinajstić information content (AvgIpc) is 2.91. The van der Waals surface area contributed by atoms with Crippen LogP contribution in [0, 0.1) is 0 Å². The van der Waals surface area contributed by atoms with Gasteiger partial charge in [-0.05, 0) is 49.8 Å². The second kappa shape index (κ2) is 10.4. The molecule has 1 atom stereocenters. The summed E-state index contributed by atoms with van der Waals surface area (Å²) in [7, 11) is 1.65. The van der Waals surface area contributed by atoms with E-state index in [1.54, 1.807) is 14.0 Å². The molecule has 1 aromatic rings. The molecule has 0 bridgehead atoms. The van der Waals surface area contributed by atoms with Crippen LogP contribution in [0.25, 0.3) is 0 Å². The van der Waals surface area contributed by atoms with Crippen molar-refractivity contribution >= 4 is 11.8 Å². The van der Waals surface area contributed by atoms with Gasteiger partial charge in [0.25, 0.3) is 5.91 Å². The molecule has 2 N–H and O–H groups in total. The van der Waals surface area contributed by atoms with Crippen molar-refractivity contribution in [3.63, 3.8) is 0 Å². The predicted molar refractivity (Wildman–Crippen MR) is 115 cm³/mol. The van der Waals surface area contributed by atoms with E-state index in [0.717, 1.165) is 37.9 Å². The number of benzene rings is 1. The number of hydrogen-bond donors (Lipinski definition) is 2. The van der Waals surface area contributed by atoms with Gasteiger partial charge in [-0.3, -0.25) is 9.59 Å². The Kier molecular flexibility index (Phi) is 7.86. The highest BCUT2D eigenvalue weighted by molar-refractivity contribution is 5.94. The minimum Gasteiger partial charge on any atom is -0.388 e. The summed E-state index contributed by atoms with van der Waals surface area (Å²) in [6.45, 7) is 5.66. The van der Waals surface area contributed by atoms with E-state index in [4.69, 9.17) is 4.74 Å². The second-order valence-electron chi connectivity index (χ2n) is 8.75. The Labute approximate surface area is 179 Å². The zero-order chi connectivity index (χ0) is 21.6. The van der Waals surface area contributed by atoms with Gasteiger partial charge in [0.15, 0.2) is 0 Å². The number of amides is 2. The molecule has 2 fully saturated rings. The quantitative estimate of drug-likeness (QED) is 0.738. The number of carbonyl (C=O) groups is 2. The van der Waals surface area contributed by atoms with Crippen molar-refractivity contribution in [2.45, 2.75) is 57.3 Å². The zero-order valence-electron chi connectivity index (χ0n) is 18.2. The first-order valence-corrected chi connectivity index (χ1v) is 11.0. The molecule has 2 amide bonds. The monoisotopic (exact) mass is 417 g/mol. The lowest BCUT2D eigenvalue weighted by Gasteiger charge is -2.38. The first-order valence-electron chi connectivity index (χ1n) is 11.0. The lowest BCUT2D eigenvalue weighted by atomic mass is 9.93. The fourth-order valence-corrected chi connectivity index (χ4v) is 4.62. The van der Waals surface area contributed by atoms with Crippen molar-refractivity contribution in [2.75, 3.05) is 39.8 Å². The fourth-order valence-electron chi connectivity index (χ4n) is 4.62. The van der Waals surface area contributed by atoms with Crippen molar-refractivity contribution in [3.05, 3.63) is 35.4 Å². The summed E-state index contributed by atoms with van der Waals surface area (Å²) in [6, 6.07) is 7.82. The number of methoxy groups -OCH3 is 1. The number of likely N-dealkylation sites (tertiary alicyclic amines) is 2. The standard InChI is InChI=1S/C23H35N3O4/c1-18(27)24-21-7-12-25(13-8-21)17-23(29)9-4-11-26(14-10-23)22(28)20-6-3-5-19(15-20)16-30-2/h3,5-6,15,21,29H,4,7-14,16-17H2,1-2H3,(H,24,27). The van der Waals surface area contributed by atoms with Crippen LogP contribution in [0.2, 0.25) is 0 Å². The molecule has 2 aliphatic heterocycles. The van der Waals surface area contributed by atoms with Crippen LogP contribution in [-0.4, -0.2) is 78.2 Å². The molecule has 0 aromatic heterocycles. The summed E-state index contributed by atoms with van der Waals surface area (Å²) in [5.74, 6) is 0.0432. The number of β-amino-alcohol motifs (C(OH)–C–C–N with tert-alkyl or cyclic N) is 1. The van der Waals surface area contributed by atoms with Gasteiger partial charge in [-0.25, -0.2) is 0 Å². The molecule has 0 aliphatic carbocycles. The number of aliphatic hydroxyl groups is 1. The Morgan fingerprint density at radius 1 is 1.20 bits per heavy atom. The predicted octanol–water partition coefficient (Wildman–Crippen LogP) is 1.79. The molecule has 1 aromatic carbocycles. The third-order valence-corrected chi connectivity index (χ3v) is 6.20. The first-order chi connectivity index (χ1) is 14.4. The Balaban J connectivity index is 1.53. The van der Waals surface area contributed by atoms with Gasteiger partial charge in [0.05, 0.1) is 12.2 Å².